The second-order valence-corrected chi connectivity index (χ2v) is 8.40. The number of aromatic nitrogens is 5. The Balaban J connectivity index is 1.70. The smallest absolute Gasteiger partial charge is 0.353 e. The van der Waals surface area contributed by atoms with Crippen molar-refractivity contribution in [3.8, 4) is 11.4 Å². The minimum absolute atomic E-state index is 0.0185. The van der Waals surface area contributed by atoms with Crippen LogP contribution in [0.5, 0.6) is 0 Å². The zero-order valence-electron chi connectivity index (χ0n) is 18.2. The van der Waals surface area contributed by atoms with Gasteiger partial charge in [-0.1, -0.05) is 18.2 Å². The van der Waals surface area contributed by atoms with E-state index in [0.717, 1.165) is 33.6 Å². The highest BCUT2D eigenvalue weighted by Crippen LogP contribution is 2.40. The fraction of sp³-hybridized carbons (Fsp3) is 0.250. The fourth-order valence-electron chi connectivity index (χ4n) is 4.69. The van der Waals surface area contributed by atoms with Crippen molar-refractivity contribution < 1.29 is 13.2 Å². The van der Waals surface area contributed by atoms with Crippen LogP contribution in [0.2, 0.25) is 0 Å². The quantitative estimate of drug-likeness (QED) is 0.402. The van der Waals surface area contributed by atoms with Crippen molar-refractivity contribution in [3.05, 3.63) is 54.0 Å². The van der Waals surface area contributed by atoms with Gasteiger partial charge < -0.3 is 15.2 Å². The number of hydrogen-bond donors (Lipinski definition) is 2. The molecule has 0 spiro atoms. The number of aromatic amines is 1. The molecule has 5 aromatic rings. The number of benzene rings is 1. The Morgan fingerprint density at radius 2 is 1.76 bits per heavy atom. The third-order valence-corrected chi connectivity index (χ3v) is 6.25. The third-order valence-electron chi connectivity index (χ3n) is 6.25. The first kappa shape index (κ1) is 20.8. The average molecular weight is 463 g/mol. The van der Waals surface area contributed by atoms with E-state index in [1.807, 2.05) is 36.1 Å². The molecule has 1 aliphatic heterocycles. The maximum Gasteiger partial charge on any atom is 0.418 e. The molecule has 1 saturated heterocycles. The van der Waals surface area contributed by atoms with Crippen molar-refractivity contribution in [2.75, 3.05) is 31.1 Å². The van der Waals surface area contributed by atoms with Gasteiger partial charge >= 0.3 is 6.18 Å². The number of hydrogen-bond acceptors (Lipinski definition) is 6. The topological polar surface area (TPSA) is 82.6 Å². The second kappa shape index (κ2) is 7.63. The first-order valence-corrected chi connectivity index (χ1v) is 11.0. The summed E-state index contributed by atoms with van der Waals surface area (Å²) < 4.78 is 41.9. The lowest BCUT2D eigenvalue weighted by molar-refractivity contribution is -0.136. The molecule has 0 radical (unpaired) electrons. The van der Waals surface area contributed by atoms with Crippen molar-refractivity contribution in [2.24, 2.45) is 0 Å². The van der Waals surface area contributed by atoms with Crippen molar-refractivity contribution >= 4 is 38.7 Å². The number of piperazine rings is 1. The molecule has 0 aliphatic carbocycles. The summed E-state index contributed by atoms with van der Waals surface area (Å²) in [6, 6.07) is 7.82. The molecule has 0 saturated carbocycles. The lowest BCUT2D eigenvalue weighted by atomic mass is 10.0. The Bertz CT molecular complexity index is 1550. The molecule has 4 aromatic heterocycles. The molecular formula is C24H20F3N7. The summed E-state index contributed by atoms with van der Waals surface area (Å²) in [4.78, 5) is 23.0. The number of rotatable bonds is 2. The summed E-state index contributed by atoms with van der Waals surface area (Å²) in [5, 5.41) is 5.03. The number of fused-ring (bicyclic) bond motifs is 4. The normalized spacial score (nSPS) is 15.0. The van der Waals surface area contributed by atoms with Gasteiger partial charge in [0.05, 0.1) is 22.7 Å². The van der Waals surface area contributed by atoms with Gasteiger partial charge in [-0.3, -0.25) is 4.98 Å². The summed E-state index contributed by atoms with van der Waals surface area (Å²) in [6.07, 6.45) is -0.608. The Kier molecular flexibility index (Phi) is 4.66. The van der Waals surface area contributed by atoms with Crippen molar-refractivity contribution in [2.45, 2.75) is 13.1 Å². The summed E-state index contributed by atoms with van der Waals surface area (Å²) in [5.74, 6) is 0.636. The van der Waals surface area contributed by atoms with E-state index in [2.05, 4.69) is 25.3 Å². The molecule has 1 fully saturated rings. The zero-order chi connectivity index (χ0) is 23.4. The zero-order valence-corrected chi connectivity index (χ0v) is 18.2. The van der Waals surface area contributed by atoms with Crippen LogP contribution in [0.25, 0.3) is 44.2 Å². The Morgan fingerprint density at radius 3 is 2.56 bits per heavy atom. The van der Waals surface area contributed by atoms with Crippen molar-refractivity contribution in [1.82, 2.24) is 30.2 Å². The van der Waals surface area contributed by atoms with Crippen molar-refractivity contribution in [1.29, 1.82) is 0 Å². The highest BCUT2D eigenvalue weighted by Gasteiger charge is 2.36. The molecule has 5 heterocycles. The molecule has 1 aliphatic rings. The van der Waals surface area contributed by atoms with Crippen LogP contribution in [0.4, 0.5) is 19.0 Å². The fourth-order valence-corrected chi connectivity index (χ4v) is 4.69. The monoisotopic (exact) mass is 463 g/mol. The van der Waals surface area contributed by atoms with Gasteiger partial charge in [0.1, 0.15) is 11.5 Å². The van der Waals surface area contributed by atoms with E-state index in [1.165, 1.54) is 6.20 Å². The number of alkyl halides is 3. The van der Waals surface area contributed by atoms with E-state index in [1.54, 1.807) is 6.20 Å². The van der Waals surface area contributed by atoms with Gasteiger partial charge in [0, 0.05) is 60.4 Å². The minimum Gasteiger partial charge on any atom is -0.353 e. The lowest BCUT2D eigenvalue weighted by Crippen LogP contribution is -2.44. The Morgan fingerprint density at radius 1 is 0.971 bits per heavy atom. The van der Waals surface area contributed by atoms with Crippen LogP contribution in [-0.4, -0.2) is 51.1 Å². The first-order chi connectivity index (χ1) is 16.4. The summed E-state index contributed by atoms with van der Waals surface area (Å²) >= 11 is 0. The maximum atomic E-state index is 14.0. The Labute approximate surface area is 192 Å². The standard InChI is InChI=1S/C24H20F3N7/c1-13-10-30-21-19(14-4-2-3-5-16(14)31-21)18(13)22-32-17-12-29-11-15(24(25,26)27)20(17)23(33-22)34-8-6-28-7-9-34/h2-5,10-12,28H,6-9H2,1H3,(H,30,31). The molecule has 2 N–H and O–H groups in total. The molecule has 10 heteroatoms. The van der Waals surface area contributed by atoms with Gasteiger partial charge in [0.2, 0.25) is 0 Å². The Hall–Kier alpha value is -3.79. The number of nitrogens with one attached hydrogen (secondary N) is 2. The third kappa shape index (κ3) is 3.25. The average Bonchev–Trinajstić information content (AvgIpc) is 3.21. The van der Waals surface area contributed by atoms with E-state index in [-0.39, 0.29) is 16.7 Å². The van der Waals surface area contributed by atoms with E-state index in [0.29, 0.717) is 37.7 Å². The van der Waals surface area contributed by atoms with E-state index < -0.39 is 11.7 Å². The highest BCUT2D eigenvalue weighted by atomic mass is 19.4. The predicted octanol–water partition coefficient (Wildman–Crippen LogP) is 4.46. The maximum absolute atomic E-state index is 14.0. The van der Waals surface area contributed by atoms with Crippen LogP contribution in [0.15, 0.2) is 42.9 Å². The van der Waals surface area contributed by atoms with Gasteiger partial charge in [-0.25, -0.2) is 15.0 Å². The molecule has 0 amide bonds. The van der Waals surface area contributed by atoms with E-state index >= 15 is 0 Å². The summed E-state index contributed by atoms with van der Waals surface area (Å²) in [6.45, 7) is 4.32. The van der Waals surface area contributed by atoms with Crippen molar-refractivity contribution in [3.63, 3.8) is 0 Å². The molecule has 0 unspecified atom stereocenters. The minimum atomic E-state index is -4.57. The molecule has 0 atom stereocenters. The van der Waals surface area contributed by atoms with Crippen LogP contribution in [0.1, 0.15) is 11.1 Å². The molecule has 6 rings (SSSR count). The highest BCUT2D eigenvalue weighted by molar-refractivity contribution is 6.13. The molecule has 0 bridgehead atoms. The number of halogens is 3. The molecule has 172 valence electrons. The van der Waals surface area contributed by atoms with Crippen LogP contribution in [0, 0.1) is 6.92 Å². The first-order valence-electron chi connectivity index (χ1n) is 11.0. The van der Waals surface area contributed by atoms with Gasteiger partial charge in [-0.05, 0) is 18.6 Å². The van der Waals surface area contributed by atoms with Gasteiger partial charge in [-0.15, -0.1) is 0 Å². The number of H-pyrrole nitrogens is 1. The van der Waals surface area contributed by atoms with Crippen LogP contribution in [0.3, 0.4) is 0 Å². The number of aryl methyl sites for hydroxylation is 1. The molecule has 7 nitrogen and oxygen atoms in total. The lowest BCUT2D eigenvalue weighted by Gasteiger charge is -2.30. The predicted molar refractivity (Wildman–Crippen MR) is 125 cm³/mol. The number of para-hydroxylation sites is 1. The summed E-state index contributed by atoms with van der Waals surface area (Å²) in [7, 11) is 0. The van der Waals surface area contributed by atoms with Gasteiger partial charge in [-0.2, -0.15) is 13.2 Å². The van der Waals surface area contributed by atoms with Gasteiger partial charge in [0.15, 0.2) is 5.82 Å². The van der Waals surface area contributed by atoms with Gasteiger partial charge in [0.25, 0.3) is 0 Å². The molecular weight excluding hydrogens is 443 g/mol. The van der Waals surface area contributed by atoms with Crippen LogP contribution < -0.4 is 10.2 Å². The number of anilines is 1. The second-order valence-electron chi connectivity index (χ2n) is 8.40. The van der Waals surface area contributed by atoms with E-state index in [4.69, 9.17) is 4.98 Å². The number of pyridine rings is 2. The van der Waals surface area contributed by atoms with E-state index in [9.17, 15) is 13.2 Å². The molecule has 34 heavy (non-hydrogen) atoms. The van der Waals surface area contributed by atoms with Crippen LogP contribution in [-0.2, 0) is 6.18 Å². The SMILES string of the molecule is Cc1cnc2[nH]c3ccccc3c2c1-c1nc(N2CCNCC2)c2c(C(F)(F)F)cncc2n1. The van der Waals surface area contributed by atoms with Crippen LogP contribution >= 0.6 is 0 Å². The molecule has 1 aromatic carbocycles. The number of nitrogens with zero attached hydrogens (tertiary/aromatic N) is 5. The summed E-state index contributed by atoms with van der Waals surface area (Å²) in [5.41, 5.74) is 2.52. The largest absolute Gasteiger partial charge is 0.418 e.